The third kappa shape index (κ3) is 3.20. The summed E-state index contributed by atoms with van der Waals surface area (Å²) in [6.45, 7) is 0. The maximum atomic E-state index is 6.54. The molecule has 0 amide bonds. The second-order valence-electron chi connectivity index (χ2n) is 7.96. The predicted molar refractivity (Wildman–Crippen MR) is 114 cm³/mol. The lowest BCUT2D eigenvalue weighted by atomic mass is 9.86. The molecule has 1 fully saturated rings. The van der Waals surface area contributed by atoms with Crippen LogP contribution < -0.4 is 9.47 Å². The molecule has 0 spiro atoms. The molecule has 0 bridgehead atoms. The van der Waals surface area contributed by atoms with Gasteiger partial charge in [-0.05, 0) is 60.9 Å². The van der Waals surface area contributed by atoms with Crippen LogP contribution in [0.4, 0.5) is 0 Å². The van der Waals surface area contributed by atoms with Crippen molar-refractivity contribution in [1.82, 2.24) is 5.01 Å². The Labute approximate surface area is 174 Å². The molecule has 4 nitrogen and oxygen atoms in total. The summed E-state index contributed by atoms with van der Waals surface area (Å²) in [5.74, 6) is 2.44. The average Bonchev–Trinajstić information content (AvgIpc) is 3.20. The molecule has 5 rings (SSSR count). The Morgan fingerprint density at radius 3 is 2.61 bits per heavy atom. The zero-order valence-electron chi connectivity index (χ0n) is 16.1. The molecule has 0 N–H and O–H groups in total. The van der Waals surface area contributed by atoms with Gasteiger partial charge in [-0.25, -0.2) is 5.01 Å². The van der Waals surface area contributed by atoms with Crippen LogP contribution in [0.5, 0.6) is 11.5 Å². The number of rotatable bonds is 3. The van der Waals surface area contributed by atoms with Crippen LogP contribution >= 0.6 is 15.9 Å². The van der Waals surface area contributed by atoms with Crippen molar-refractivity contribution in [3.63, 3.8) is 0 Å². The van der Waals surface area contributed by atoms with Gasteiger partial charge in [0.05, 0.1) is 18.9 Å². The van der Waals surface area contributed by atoms with E-state index in [1.807, 2.05) is 12.1 Å². The van der Waals surface area contributed by atoms with Gasteiger partial charge in [0.2, 0.25) is 0 Å². The standard InChI is InChI=1S/C23H25BrN2O2/c1-27-18-10-7-15(8-11-18)20-14-21-19-13-17(24)9-12-22(19)28-23(26(21)25-20)16-5-3-2-4-6-16/h7-13,16,21,23H,2-6,14H2,1H3/t21-,23+/m1/s1. The van der Waals surface area contributed by atoms with Gasteiger partial charge in [-0.3, -0.25) is 0 Å². The third-order valence-electron chi connectivity index (χ3n) is 6.26. The average molecular weight is 441 g/mol. The van der Waals surface area contributed by atoms with E-state index in [-0.39, 0.29) is 12.3 Å². The summed E-state index contributed by atoms with van der Waals surface area (Å²) in [7, 11) is 1.70. The maximum Gasteiger partial charge on any atom is 0.190 e. The molecule has 2 atom stereocenters. The van der Waals surface area contributed by atoms with E-state index in [9.17, 15) is 0 Å². The molecule has 2 heterocycles. The Bertz CT molecular complexity index is 890. The number of nitrogens with zero attached hydrogens (tertiary/aromatic N) is 2. The van der Waals surface area contributed by atoms with Crippen LogP contribution in [0.1, 0.15) is 55.7 Å². The number of benzene rings is 2. The van der Waals surface area contributed by atoms with Gasteiger partial charge < -0.3 is 9.47 Å². The number of hydrazone groups is 1. The minimum Gasteiger partial charge on any atom is -0.497 e. The molecule has 1 aliphatic carbocycles. The number of ether oxygens (including phenoxy) is 2. The summed E-state index contributed by atoms with van der Waals surface area (Å²) in [6.07, 6.45) is 7.34. The fraction of sp³-hybridized carbons (Fsp3) is 0.435. The van der Waals surface area contributed by atoms with Crippen molar-refractivity contribution in [2.45, 2.75) is 50.8 Å². The first-order valence-corrected chi connectivity index (χ1v) is 11.0. The maximum absolute atomic E-state index is 6.54. The molecule has 1 saturated carbocycles. The molecule has 2 aliphatic heterocycles. The van der Waals surface area contributed by atoms with Crippen LogP contribution in [0.2, 0.25) is 0 Å². The minimum atomic E-state index is 0.0368. The first-order chi connectivity index (χ1) is 13.7. The van der Waals surface area contributed by atoms with E-state index < -0.39 is 0 Å². The topological polar surface area (TPSA) is 34.1 Å². The zero-order valence-corrected chi connectivity index (χ0v) is 17.7. The van der Waals surface area contributed by atoms with Crippen LogP contribution in [0.15, 0.2) is 52.0 Å². The monoisotopic (exact) mass is 440 g/mol. The van der Waals surface area contributed by atoms with Crippen LogP contribution in [0.3, 0.4) is 0 Å². The lowest BCUT2D eigenvalue weighted by molar-refractivity contribution is -0.0644. The van der Waals surface area contributed by atoms with E-state index in [0.717, 1.165) is 33.7 Å². The van der Waals surface area contributed by atoms with Crippen molar-refractivity contribution in [2.75, 3.05) is 7.11 Å². The normalized spacial score (nSPS) is 24.2. The predicted octanol–water partition coefficient (Wildman–Crippen LogP) is 5.91. The highest BCUT2D eigenvalue weighted by Gasteiger charge is 2.43. The number of methoxy groups -OCH3 is 1. The zero-order chi connectivity index (χ0) is 19.1. The quantitative estimate of drug-likeness (QED) is 0.594. The molecular formula is C23H25BrN2O2. The Kier molecular flexibility index (Phi) is 4.79. The second kappa shape index (κ2) is 7.43. The van der Waals surface area contributed by atoms with Crippen LogP contribution in [-0.4, -0.2) is 24.1 Å². The van der Waals surface area contributed by atoms with Crippen LogP contribution in [0.25, 0.3) is 0 Å². The van der Waals surface area contributed by atoms with Crippen molar-refractivity contribution in [3.8, 4) is 11.5 Å². The van der Waals surface area contributed by atoms with Crippen LogP contribution in [-0.2, 0) is 0 Å². The van der Waals surface area contributed by atoms with Gasteiger partial charge >= 0.3 is 0 Å². The minimum absolute atomic E-state index is 0.0368. The first kappa shape index (κ1) is 18.0. The van der Waals surface area contributed by atoms with Crippen molar-refractivity contribution in [2.24, 2.45) is 11.0 Å². The lowest BCUT2D eigenvalue weighted by Gasteiger charge is -2.42. The van der Waals surface area contributed by atoms with Gasteiger partial charge in [0.15, 0.2) is 6.23 Å². The molecule has 2 aromatic rings. The molecular weight excluding hydrogens is 416 g/mol. The Morgan fingerprint density at radius 1 is 1.07 bits per heavy atom. The second-order valence-corrected chi connectivity index (χ2v) is 8.88. The fourth-order valence-electron chi connectivity index (χ4n) is 4.77. The molecule has 146 valence electrons. The molecule has 5 heteroatoms. The van der Waals surface area contributed by atoms with Gasteiger partial charge in [0.1, 0.15) is 11.5 Å². The van der Waals surface area contributed by atoms with E-state index in [0.29, 0.717) is 5.92 Å². The Balaban J connectivity index is 1.51. The van der Waals surface area contributed by atoms with Crippen molar-refractivity contribution < 1.29 is 9.47 Å². The van der Waals surface area contributed by atoms with Crippen molar-refractivity contribution >= 4 is 21.6 Å². The molecule has 0 radical (unpaired) electrons. The molecule has 0 aromatic heterocycles. The van der Waals surface area contributed by atoms with E-state index in [1.54, 1.807) is 7.11 Å². The number of halogens is 1. The number of hydrogen-bond acceptors (Lipinski definition) is 4. The fourth-order valence-corrected chi connectivity index (χ4v) is 5.15. The summed E-state index contributed by atoms with van der Waals surface area (Å²) in [5.41, 5.74) is 3.52. The van der Waals surface area contributed by atoms with E-state index in [4.69, 9.17) is 14.6 Å². The van der Waals surface area contributed by atoms with Gasteiger partial charge in [-0.1, -0.05) is 35.2 Å². The summed E-state index contributed by atoms with van der Waals surface area (Å²) in [4.78, 5) is 0. The molecule has 0 unspecified atom stereocenters. The summed E-state index contributed by atoms with van der Waals surface area (Å²) in [6, 6.07) is 14.8. The highest BCUT2D eigenvalue weighted by atomic mass is 79.9. The number of hydrogen-bond donors (Lipinski definition) is 0. The van der Waals surface area contributed by atoms with E-state index >= 15 is 0 Å². The van der Waals surface area contributed by atoms with Crippen molar-refractivity contribution in [1.29, 1.82) is 0 Å². The highest BCUT2D eigenvalue weighted by Crippen LogP contribution is 2.47. The van der Waals surface area contributed by atoms with Crippen LogP contribution in [0, 0.1) is 5.92 Å². The SMILES string of the molecule is COc1ccc(C2=NN3[C@H](C2)c2cc(Br)ccc2O[C@H]3C2CCCCC2)cc1. The van der Waals surface area contributed by atoms with E-state index in [1.165, 1.54) is 37.7 Å². The third-order valence-corrected chi connectivity index (χ3v) is 6.75. The molecule has 2 aromatic carbocycles. The largest absolute Gasteiger partial charge is 0.497 e. The Hall–Kier alpha value is -2.01. The van der Waals surface area contributed by atoms with Gasteiger partial charge in [-0.15, -0.1) is 0 Å². The molecule has 0 saturated heterocycles. The highest BCUT2D eigenvalue weighted by molar-refractivity contribution is 9.10. The summed E-state index contributed by atoms with van der Waals surface area (Å²) >= 11 is 3.63. The van der Waals surface area contributed by atoms with Gasteiger partial charge in [0.25, 0.3) is 0 Å². The first-order valence-electron chi connectivity index (χ1n) is 10.2. The molecule has 28 heavy (non-hydrogen) atoms. The summed E-state index contributed by atoms with van der Waals surface area (Å²) in [5, 5.41) is 7.34. The van der Waals surface area contributed by atoms with Crippen molar-refractivity contribution in [3.05, 3.63) is 58.1 Å². The Morgan fingerprint density at radius 2 is 1.86 bits per heavy atom. The lowest BCUT2D eigenvalue weighted by Crippen LogP contribution is -2.45. The van der Waals surface area contributed by atoms with Gasteiger partial charge in [0, 0.05) is 22.4 Å². The summed E-state index contributed by atoms with van der Waals surface area (Å²) < 4.78 is 12.9. The molecule has 3 aliphatic rings. The van der Waals surface area contributed by atoms with Gasteiger partial charge in [-0.2, -0.15) is 5.10 Å². The van der Waals surface area contributed by atoms with E-state index in [2.05, 4.69) is 51.3 Å². The number of fused-ring (bicyclic) bond motifs is 3. The smallest absolute Gasteiger partial charge is 0.190 e.